The Kier molecular flexibility index (Phi) is 4.89. The van der Waals surface area contributed by atoms with Crippen LogP contribution in [0.15, 0.2) is 60.7 Å². The largest absolute Gasteiger partial charge is 0.492 e. The lowest BCUT2D eigenvalue weighted by molar-refractivity contribution is 0.0950. The van der Waals surface area contributed by atoms with Gasteiger partial charge in [0.15, 0.2) is 0 Å². The first-order valence-corrected chi connectivity index (χ1v) is 9.60. The quantitative estimate of drug-likeness (QED) is 0.515. The fourth-order valence-corrected chi connectivity index (χ4v) is 3.90. The molecule has 2 aromatic heterocycles. The van der Waals surface area contributed by atoms with Crippen LogP contribution in [0.3, 0.4) is 0 Å². The Balaban J connectivity index is 1.54. The van der Waals surface area contributed by atoms with Crippen molar-refractivity contribution < 1.29 is 9.53 Å². The summed E-state index contributed by atoms with van der Waals surface area (Å²) in [5.41, 5.74) is 2.92. The molecule has 0 unspecified atom stereocenters. The molecule has 0 fully saturated rings. The summed E-state index contributed by atoms with van der Waals surface area (Å²) in [7, 11) is 0. The zero-order valence-electron chi connectivity index (χ0n) is 14.9. The van der Waals surface area contributed by atoms with Gasteiger partial charge in [-0.25, -0.2) is 4.98 Å². The molecule has 0 spiro atoms. The number of nitrogens with one attached hydrogen (secondary N) is 2. The van der Waals surface area contributed by atoms with E-state index < -0.39 is 0 Å². The number of carbonyl (C=O) groups excluding carboxylic acids is 1. The number of H-pyrrole nitrogens is 1. The van der Waals surface area contributed by atoms with Gasteiger partial charge >= 0.3 is 0 Å². The second-order valence-electron chi connectivity index (χ2n) is 5.99. The molecule has 4 rings (SSSR count). The van der Waals surface area contributed by atoms with Crippen molar-refractivity contribution in [2.45, 2.75) is 13.5 Å². The minimum atomic E-state index is -0.161. The Bertz CT molecular complexity index is 1040. The number of hydrogen-bond donors (Lipinski definition) is 2. The maximum Gasteiger partial charge on any atom is 0.265 e. The average molecular weight is 377 g/mol. The summed E-state index contributed by atoms with van der Waals surface area (Å²) in [4.78, 5) is 22.0. The molecule has 2 N–H and O–H groups in total. The minimum absolute atomic E-state index is 0.161. The summed E-state index contributed by atoms with van der Waals surface area (Å²) < 4.78 is 5.69. The van der Waals surface area contributed by atoms with Crippen molar-refractivity contribution in [2.75, 3.05) is 6.61 Å². The fraction of sp³-hybridized carbons (Fsp3) is 0.143. The van der Waals surface area contributed by atoms with E-state index in [0.29, 0.717) is 23.8 Å². The maximum atomic E-state index is 12.8. The minimum Gasteiger partial charge on any atom is -0.492 e. The first-order valence-electron chi connectivity index (χ1n) is 8.78. The number of para-hydroxylation sites is 2. The summed E-state index contributed by atoms with van der Waals surface area (Å²) in [5, 5.41) is 2.94. The van der Waals surface area contributed by atoms with Crippen LogP contribution in [0.1, 0.15) is 22.4 Å². The Morgan fingerprint density at radius 2 is 1.93 bits per heavy atom. The average Bonchev–Trinajstić information content (AvgIpc) is 3.31. The summed E-state index contributed by atoms with van der Waals surface area (Å²) in [6.45, 7) is 2.75. The first kappa shape index (κ1) is 17.3. The molecule has 0 atom stereocenters. The lowest BCUT2D eigenvalue weighted by Crippen LogP contribution is -2.23. The number of imidazole rings is 1. The van der Waals surface area contributed by atoms with Crippen LogP contribution >= 0.6 is 11.3 Å². The van der Waals surface area contributed by atoms with Gasteiger partial charge in [-0.15, -0.1) is 11.3 Å². The van der Waals surface area contributed by atoms with E-state index in [4.69, 9.17) is 4.74 Å². The number of aromatic amines is 1. The molecular formula is C21H19N3O2S. The summed E-state index contributed by atoms with van der Waals surface area (Å²) in [6.07, 6.45) is 0. The maximum absolute atomic E-state index is 12.8. The van der Waals surface area contributed by atoms with Crippen LogP contribution in [-0.2, 0) is 6.54 Å². The van der Waals surface area contributed by atoms with E-state index in [1.54, 1.807) is 0 Å². The molecule has 0 saturated carbocycles. The third-order valence-corrected chi connectivity index (χ3v) is 5.28. The lowest BCUT2D eigenvalue weighted by atomic mass is 10.2. The van der Waals surface area contributed by atoms with Crippen LogP contribution < -0.4 is 10.1 Å². The number of thiophene rings is 1. The molecule has 6 heteroatoms. The van der Waals surface area contributed by atoms with E-state index in [0.717, 1.165) is 27.3 Å². The van der Waals surface area contributed by atoms with Gasteiger partial charge in [-0.05, 0) is 30.7 Å². The third kappa shape index (κ3) is 3.71. The van der Waals surface area contributed by atoms with Crippen molar-refractivity contribution in [1.29, 1.82) is 0 Å². The molecule has 2 heterocycles. The smallest absolute Gasteiger partial charge is 0.265 e. The molecule has 1 amide bonds. The molecule has 136 valence electrons. The van der Waals surface area contributed by atoms with Crippen LogP contribution in [-0.4, -0.2) is 22.5 Å². The Labute approximate surface area is 161 Å². The van der Waals surface area contributed by atoms with Gasteiger partial charge in [0.05, 0.1) is 24.2 Å². The van der Waals surface area contributed by atoms with E-state index in [-0.39, 0.29) is 5.91 Å². The van der Waals surface area contributed by atoms with Gasteiger partial charge in [-0.3, -0.25) is 4.79 Å². The highest BCUT2D eigenvalue weighted by molar-refractivity contribution is 7.17. The number of aromatic nitrogens is 2. The van der Waals surface area contributed by atoms with Gasteiger partial charge in [0.1, 0.15) is 16.5 Å². The first-order chi connectivity index (χ1) is 13.2. The second kappa shape index (κ2) is 7.63. The van der Waals surface area contributed by atoms with E-state index >= 15 is 0 Å². The molecule has 27 heavy (non-hydrogen) atoms. The monoisotopic (exact) mass is 377 g/mol. The van der Waals surface area contributed by atoms with Crippen molar-refractivity contribution in [3.8, 4) is 16.2 Å². The summed E-state index contributed by atoms with van der Waals surface area (Å²) >= 11 is 1.43. The SMILES string of the molecule is CCOc1cc(-c2ccccc2)sc1C(=O)NCc1nc2ccccc2[nH]1. The number of fused-ring (bicyclic) bond motifs is 1. The molecule has 5 nitrogen and oxygen atoms in total. The Hall–Kier alpha value is -3.12. The second-order valence-corrected chi connectivity index (χ2v) is 7.04. The highest BCUT2D eigenvalue weighted by Crippen LogP contribution is 2.36. The Morgan fingerprint density at radius 3 is 2.70 bits per heavy atom. The van der Waals surface area contributed by atoms with Gasteiger partial charge in [0, 0.05) is 4.88 Å². The van der Waals surface area contributed by atoms with Crippen LogP contribution in [0, 0.1) is 0 Å². The van der Waals surface area contributed by atoms with E-state index in [9.17, 15) is 4.79 Å². The van der Waals surface area contributed by atoms with Crippen molar-refractivity contribution in [3.63, 3.8) is 0 Å². The standard InChI is InChI=1S/C21H19N3O2S/c1-2-26-17-12-18(14-8-4-3-5-9-14)27-20(17)21(25)22-13-19-23-15-10-6-7-11-16(15)24-19/h3-12H,2,13H2,1H3,(H,22,25)(H,23,24). The number of hydrogen-bond acceptors (Lipinski definition) is 4. The molecule has 0 bridgehead atoms. The van der Waals surface area contributed by atoms with E-state index in [1.807, 2.05) is 67.6 Å². The number of nitrogens with zero attached hydrogens (tertiary/aromatic N) is 1. The van der Waals surface area contributed by atoms with Crippen molar-refractivity contribution >= 4 is 28.3 Å². The van der Waals surface area contributed by atoms with Crippen molar-refractivity contribution in [2.24, 2.45) is 0 Å². The van der Waals surface area contributed by atoms with Crippen LogP contribution in [0.2, 0.25) is 0 Å². The fourth-order valence-electron chi connectivity index (χ4n) is 2.87. The number of rotatable bonds is 6. The highest BCUT2D eigenvalue weighted by atomic mass is 32.1. The highest BCUT2D eigenvalue weighted by Gasteiger charge is 2.18. The Morgan fingerprint density at radius 1 is 1.15 bits per heavy atom. The van der Waals surface area contributed by atoms with Gasteiger partial charge in [0.25, 0.3) is 5.91 Å². The van der Waals surface area contributed by atoms with Crippen LogP contribution in [0.4, 0.5) is 0 Å². The molecule has 0 radical (unpaired) electrons. The summed E-state index contributed by atoms with van der Waals surface area (Å²) in [6, 6.07) is 19.7. The van der Waals surface area contributed by atoms with Gasteiger partial charge in [-0.2, -0.15) is 0 Å². The van der Waals surface area contributed by atoms with Gasteiger partial charge in [0.2, 0.25) is 0 Å². The zero-order valence-corrected chi connectivity index (χ0v) is 15.7. The molecule has 2 aromatic carbocycles. The number of ether oxygens (including phenoxy) is 1. The topological polar surface area (TPSA) is 67.0 Å². The molecule has 0 aliphatic heterocycles. The van der Waals surface area contributed by atoms with Gasteiger partial charge < -0.3 is 15.0 Å². The van der Waals surface area contributed by atoms with Crippen molar-refractivity contribution in [1.82, 2.24) is 15.3 Å². The number of amides is 1. The zero-order chi connectivity index (χ0) is 18.6. The van der Waals surface area contributed by atoms with E-state index in [1.165, 1.54) is 11.3 Å². The number of benzene rings is 2. The number of carbonyl (C=O) groups is 1. The predicted molar refractivity (Wildman–Crippen MR) is 108 cm³/mol. The molecule has 0 saturated heterocycles. The molecule has 4 aromatic rings. The predicted octanol–water partition coefficient (Wildman–Crippen LogP) is 4.62. The van der Waals surface area contributed by atoms with Gasteiger partial charge in [-0.1, -0.05) is 42.5 Å². The lowest BCUT2D eigenvalue weighted by Gasteiger charge is -2.05. The molecule has 0 aliphatic carbocycles. The van der Waals surface area contributed by atoms with Crippen molar-refractivity contribution in [3.05, 3.63) is 71.4 Å². The van der Waals surface area contributed by atoms with Crippen LogP contribution in [0.5, 0.6) is 5.75 Å². The van der Waals surface area contributed by atoms with Crippen LogP contribution in [0.25, 0.3) is 21.5 Å². The third-order valence-electron chi connectivity index (χ3n) is 4.12. The normalized spacial score (nSPS) is 10.9. The molecule has 0 aliphatic rings. The molecular weight excluding hydrogens is 358 g/mol. The summed E-state index contributed by atoms with van der Waals surface area (Å²) in [5.74, 6) is 1.18. The van der Waals surface area contributed by atoms with E-state index in [2.05, 4.69) is 15.3 Å².